The van der Waals surface area contributed by atoms with Crippen LogP contribution in [0.25, 0.3) is 0 Å². The lowest BCUT2D eigenvalue weighted by Crippen LogP contribution is -2.24. The summed E-state index contributed by atoms with van der Waals surface area (Å²) in [4.78, 5) is 11.8. The Balaban J connectivity index is 1.83. The molecule has 0 aliphatic heterocycles. The summed E-state index contributed by atoms with van der Waals surface area (Å²) in [7, 11) is 3.14. The third-order valence-corrected chi connectivity index (χ3v) is 3.50. The van der Waals surface area contributed by atoms with E-state index in [-0.39, 0.29) is 12.5 Å². The van der Waals surface area contributed by atoms with E-state index < -0.39 is 0 Å². The van der Waals surface area contributed by atoms with Gasteiger partial charge in [-0.3, -0.25) is 4.79 Å². The van der Waals surface area contributed by atoms with Crippen molar-refractivity contribution in [3.8, 4) is 17.2 Å². The predicted molar refractivity (Wildman–Crippen MR) is 94.9 cm³/mol. The minimum atomic E-state index is -0.371. The first-order valence-electron chi connectivity index (χ1n) is 7.04. The van der Waals surface area contributed by atoms with Gasteiger partial charge in [-0.2, -0.15) is 5.10 Å². The monoisotopic (exact) mass is 392 g/mol. The number of hydrazone groups is 1. The molecule has 7 heteroatoms. The lowest BCUT2D eigenvalue weighted by molar-refractivity contribution is -0.123. The van der Waals surface area contributed by atoms with E-state index >= 15 is 0 Å². The Morgan fingerprint density at radius 1 is 1.12 bits per heavy atom. The largest absolute Gasteiger partial charge is 0.497 e. The molecule has 0 fully saturated rings. The van der Waals surface area contributed by atoms with Gasteiger partial charge in [-0.05, 0) is 48.0 Å². The van der Waals surface area contributed by atoms with E-state index in [4.69, 9.17) is 14.2 Å². The number of carbonyl (C=O) groups is 1. The van der Waals surface area contributed by atoms with Crippen LogP contribution in [0.15, 0.2) is 52.0 Å². The Kier molecular flexibility index (Phi) is 6.62. The number of amides is 1. The minimum Gasteiger partial charge on any atom is -0.497 e. The molecule has 126 valence electrons. The minimum absolute atomic E-state index is 0.169. The normalized spacial score (nSPS) is 10.5. The van der Waals surface area contributed by atoms with E-state index in [0.29, 0.717) is 11.5 Å². The van der Waals surface area contributed by atoms with Crippen LogP contribution in [-0.4, -0.2) is 32.9 Å². The summed E-state index contributed by atoms with van der Waals surface area (Å²) in [6, 6.07) is 12.6. The molecule has 0 saturated heterocycles. The number of carbonyl (C=O) groups excluding carboxylic acids is 1. The molecule has 0 aliphatic carbocycles. The molecular weight excluding hydrogens is 376 g/mol. The standard InChI is InChI=1S/C17H17BrN2O4/c1-22-14-6-3-12(4-7-14)10-19-20-17(21)11-24-15-8-5-13(18)9-16(15)23-2/h3-10H,11H2,1-2H3,(H,20,21)/b19-10+. The molecular formula is C17H17BrN2O4. The average molecular weight is 393 g/mol. The van der Waals surface area contributed by atoms with Crippen molar-refractivity contribution >= 4 is 28.1 Å². The van der Waals surface area contributed by atoms with Crippen molar-refractivity contribution in [1.29, 1.82) is 0 Å². The molecule has 1 N–H and O–H groups in total. The summed E-state index contributed by atoms with van der Waals surface area (Å²) >= 11 is 3.34. The van der Waals surface area contributed by atoms with Gasteiger partial charge in [0.15, 0.2) is 18.1 Å². The van der Waals surface area contributed by atoms with Crippen LogP contribution in [0.5, 0.6) is 17.2 Å². The van der Waals surface area contributed by atoms with E-state index in [1.165, 1.54) is 13.3 Å². The van der Waals surface area contributed by atoms with Gasteiger partial charge >= 0.3 is 0 Å². The molecule has 0 radical (unpaired) electrons. The van der Waals surface area contributed by atoms with Crippen molar-refractivity contribution in [3.63, 3.8) is 0 Å². The summed E-state index contributed by atoms with van der Waals surface area (Å²) in [5.41, 5.74) is 3.24. The Labute approximate surface area is 148 Å². The fourth-order valence-corrected chi connectivity index (χ4v) is 2.15. The molecule has 0 heterocycles. The molecule has 0 spiro atoms. The summed E-state index contributed by atoms with van der Waals surface area (Å²) in [6.45, 7) is -0.169. The van der Waals surface area contributed by atoms with Crippen molar-refractivity contribution in [2.75, 3.05) is 20.8 Å². The van der Waals surface area contributed by atoms with Crippen molar-refractivity contribution < 1.29 is 19.0 Å². The quantitative estimate of drug-likeness (QED) is 0.580. The van der Waals surface area contributed by atoms with Gasteiger partial charge in [-0.1, -0.05) is 15.9 Å². The topological polar surface area (TPSA) is 69.2 Å². The Morgan fingerprint density at radius 3 is 2.54 bits per heavy atom. The van der Waals surface area contributed by atoms with E-state index in [0.717, 1.165) is 15.8 Å². The Hall–Kier alpha value is -2.54. The summed E-state index contributed by atoms with van der Waals surface area (Å²) in [5.74, 6) is 1.41. The Morgan fingerprint density at radius 2 is 1.88 bits per heavy atom. The van der Waals surface area contributed by atoms with Gasteiger partial charge in [0, 0.05) is 4.47 Å². The number of nitrogens with zero attached hydrogens (tertiary/aromatic N) is 1. The molecule has 24 heavy (non-hydrogen) atoms. The molecule has 6 nitrogen and oxygen atoms in total. The second-order valence-electron chi connectivity index (χ2n) is 4.65. The molecule has 0 aliphatic rings. The molecule has 0 unspecified atom stereocenters. The van der Waals surface area contributed by atoms with E-state index in [2.05, 4.69) is 26.5 Å². The van der Waals surface area contributed by atoms with Crippen LogP contribution in [0.2, 0.25) is 0 Å². The molecule has 2 aromatic rings. The fourth-order valence-electron chi connectivity index (χ4n) is 1.81. The van der Waals surface area contributed by atoms with Crippen LogP contribution >= 0.6 is 15.9 Å². The summed E-state index contributed by atoms with van der Waals surface area (Å²) in [6.07, 6.45) is 1.54. The first kappa shape index (κ1) is 17.8. The summed E-state index contributed by atoms with van der Waals surface area (Å²) < 4.78 is 16.5. The number of ether oxygens (including phenoxy) is 3. The van der Waals surface area contributed by atoms with Crippen LogP contribution in [-0.2, 0) is 4.79 Å². The van der Waals surface area contributed by atoms with Crippen LogP contribution < -0.4 is 19.6 Å². The smallest absolute Gasteiger partial charge is 0.277 e. The zero-order valence-electron chi connectivity index (χ0n) is 13.3. The highest BCUT2D eigenvalue weighted by atomic mass is 79.9. The van der Waals surface area contributed by atoms with Crippen molar-refractivity contribution in [2.45, 2.75) is 0 Å². The van der Waals surface area contributed by atoms with Gasteiger partial charge < -0.3 is 14.2 Å². The molecule has 2 aromatic carbocycles. The maximum Gasteiger partial charge on any atom is 0.277 e. The summed E-state index contributed by atoms with van der Waals surface area (Å²) in [5, 5.41) is 3.88. The van der Waals surface area contributed by atoms with Gasteiger partial charge in [-0.15, -0.1) is 0 Å². The van der Waals surface area contributed by atoms with Crippen LogP contribution in [0.3, 0.4) is 0 Å². The second-order valence-corrected chi connectivity index (χ2v) is 5.57. The SMILES string of the molecule is COc1ccc(/C=N/NC(=O)COc2ccc(Br)cc2OC)cc1. The number of rotatable bonds is 7. The van der Waals surface area contributed by atoms with Crippen LogP contribution in [0.4, 0.5) is 0 Å². The average Bonchev–Trinajstić information content (AvgIpc) is 2.61. The lowest BCUT2D eigenvalue weighted by Gasteiger charge is -2.10. The van der Waals surface area contributed by atoms with Gasteiger partial charge in [0.05, 0.1) is 20.4 Å². The molecule has 0 atom stereocenters. The van der Waals surface area contributed by atoms with Crippen LogP contribution in [0, 0.1) is 0 Å². The van der Waals surface area contributed by atoms with Gasteiger partial charge in [0.1, 0.15) is 5.75 Å². The zero-order valence-corrected chi connectivity index (χ0v) is 14.9. The molecule has 1 amide bonds. The van der Waals surface area contributed by atoms with Gasteiger partial charge in [0.25, 0.3) is 5.91 Å². The number of halogens is 1. The number of benzene rings is 2. The first-order chi connectivity index (χ1) is 11.6. The highest BCUT2D eigenvalue weighted by Crippen LogP contribution is 2.29. The second kappa shape index (κ2) is 8.93. The number of methoxy groups -OCH3 is 2. The van der Waals surface area contributed by atoms with Crippen LogP contribution in [0.1, 0.15) is 5.56 Å². The predicted octanol–water partition coefficient (Wildman–Crippen LogP) is 3.00. The van der Waals surface area contributed by atoms with E-state index in [1.54, 1.807) is 25.3 Å². The van der Waals surface area contributed by atoms with E-state index in [9.17, 15) is 4.79 Å². The van der Waals surface area contributed by atoms with Crippen molar-refractivity contribution in [3.05, 3.63) is 52.5 Å². The molecule has 2 rings (SSSR count). The molecule has 0 aromatic heterocycles. The highest BCUT2D eigenvalue weighted by molar-refractivity contribution is 9.10. The molecule has 0 saturated carbocycles. The Bertz CT molecular complexity index is 717. The van der Waals surface area contributed by atoms with Gasteiger partial charge in [-0.25, -0.2) is 5.43 Å². The number of nitrogens with one attached hydrogen (secondary N) is 1. The maximum absolute atomic E-state index is 11.8. The third-order valence-electron chi connectivity index (χ3n) is 3.00. The number of hydrogen-bond donors (Lipinski definition) is 1. The maximum atomic E-state index is 11.8. The van der Waals surface area contributed by atoms with Crippen molar-refractivity contribution in [2.24, 2.45) is 5.10 Å². The first-order valence-corrected chi connectivity index (χ1v) is 7.84. The highest BCUT2D eigenvalue weighted by Gasteiger charge is 2.07. The fraction of sp³-hybridized carbons (Fsp3) is 0.176. The van der Waals surface area contributed by atoms with E-state index in [1.807, 2.05) is 24.3 Å². The lowest BCUT2D eigenvalue weighted by atomic mass is 10.2. The zero-order chi connectivity index (χ0) is 17.4. The van der Waals surface area contributed by atoms with Gasteiger partial charge in [0.2, 0.25) is 0 Å². The van der Waals surface area contributed by atoms with Crippen molar-refractivity contribution in [1.82, 2.24) is 5.43 Å². The molecule has 0 bridgehead atoms. The number of hydrogen-bond acceptors (Lipinski definition) is 5. The third kappa shape index (κ3) is 5.27.